The van der Waals surface area contributed by atoms with E-state index in [0.717, 1.165) is 74.1 Å². The van der Waals surface area contributed by atoms with E-state index in [4.69, 9.17) is 14.8 Å². The summed E-state index contributed by atoms with van der Waals surface area (Å²) in [5.74, 6) is 2.86. The molecule has 2 heterocycles. The van der Waals surface area contributed by atoms with Crippen molar-refractivity contribution in [2.45, 2.75) is 105 Å². The predicted molar refractivity (Wildman–Crippen MR) is 183 cm³/mol. The molecule has 250 valence electrons. The predicted octanol–water partition coefficient (Wildman–Crippen LogP) is 8.56. The van der Waals surface area contributed by atoms with Gasteiger partial charge in [0.2, 0.25) is 0 Å². The lowest BCUT2D eigenvalue weighted by molar-refractivity contribution is -0.179. The van der Waals surface area contributed by atoms with E-state index < -0.39 is 11.4 Å². The van der Waals surface area contributed by atoms with Crippen LogP contribution in [0.4, 0.5) is 0 Å². The fourth-order valence-electron chi connectivity index (χ4n) is 12.9. The van der Waals surface area contributed by atoms with Crippen molar-refractivity contribution in [2.75, 3.05) is 7.11 Å². The van der Waals surface area contributed by atoms with Gasteiger partial charge in [-0.25, -0.2) is 4.98 Å². The number of carboxylic acid groups (broad SMARTS) is 1. The lowest BCUT2D eigenvalue weighted by Crippen LogP contribution is -2.65. The molecule has 0 saturated heterocycles. The van der Waals surface area contributed by atoms with Crippen LogP contribution < -0.4 is 4.74 Å². The average molecular weight is 637 g/mol. The Morgan fingerprint density at radius 2 is 1.77 bits per heavy atom. The van der Waals surface area contributed by atoms with E-state index in [1.54, 1.807) is 13.4 Å². The van der Waals surface area contributed by atoms with Gasteiger partial charge in [0.1, 0.15) is 12.1 Å². The van der Waals surface area contributed by atoms with Crippen LogP contribution in [0.15, 0.2) is 42.2 Å². The minimum Gasteiger partial charge on any atom is -0.496 e. The molecule has 1 N–H and O–H groups in total. The first kappa shape index (κ1) is 31.1. The molecule has 0 aliphatic heterocycles. The monoisotopic (exact) mass is 636 g/mol. The highest BCUT2D eigenvalue weighted by Gasteiger charge is 2.69. The minimum absolute atomic E-state index is 0.00799. The summed E-state index contributed by atoms with van der Waals surface area (Å²) in [6.07, 6.45) is 12.0. The van der Waals surface area contributed by atoms with Crippen molar-refractivity contribution in [2.24, 2.45) is 51.2 Å². The SMILES string of the molecule is COc1ccccc1-c1c2c(nc3ncnn13)C(C)(C)C1CC[C@]3(C)C(CC=C4C5[C@@H](C)[C@H](C)CC[C@]5(C(=O)O)CC[C@]43C)[C@@]1(C)C2. The Hall–Kier alpha value is -3.22. The number of carbonyl (C=O) groups is 1. The van der Waals surface area contributed by atoms with E-state index in [2.05, 4.69) is 71.7 Å². The number of ether oxygens (including phenoxy) is 1. The van der Waals surface area contributed by atoms with Crippen LogP contribution in [0.3, 0.4) is 0 Å². The Kier molecular flexibility index (Phi) is 6.56. The molecule has 7 heteroatoms. The molecule has 0 amide bonds. The maximum atomic E-state index is 13.1. The molecule has 0 bridgehead atoms. The Balaban J connectivity index is 1.31. The molecule has 5 aliphatic rings. The van der Waals surface area contributed by atoms with Crippen molar-refractivity contribution < 1.29 is 14.6 Å². The van der Waals surface area contributed by atoms with Crippen LogP contribution >= 0.6 is 0 Å². The maximum absolute atomic E-state index is 13.1. The minimum atomic E-state index is -0.619. The number of aliphatic carboxylic acids is 1. The van der Waals surface area contributed by atoms with Gasteiger partial charge in [-0.2, -0.15) is 14.6 Å². The fraction of sp³-hybridized carbons (Fsp3) is 0.650. The molecule has 9 atom stereocenters. The highest BCUT2D eigenvalue weighted by Crippen LogP contribution is 2.75. The van der Waals surface area contributed by atoms with Gasteiger partial charge in [-0.1, -0.05) is 72.2 Å². The zero-order chi connectivity index (χ0) is 33.3. The first-order valence-corrected chi connectivity index (χ1v) is 18.0. The third-order valence-corrected chi connectivity index (χ3v) is 15.6. The number of allylic oxidation sites excluding steroid dienone is 2. The number of benzene rings is 1. The van der Waals surface area contributed by atoms with Crippen LogP contribution in [0.25, 0.3) is 17.0 Å². The van der Waals surface area contributed by atoms with Gasteiger partial charge in [0.25, 0.3) is 5.78 Å². The summed E-state index contributed by atoms with van der Waals surface area (Å²) in [5, 5.41) is 15.5. The number of carboxylic acids is 1. The van der Waals surface area contributed by atoms with Crippen molar-refractivity contribution in [3.63, 3.8) is 0 Å². The molecule has 3 aromatic rings. The van der Waals surface area contributed by atoms with Crippen LogP contribution in [0.2, 0.25) is 0 Å². The number of aromatic nitrogens is 4. The average Bonchev–Trinajstić information content (AvgIpc) is 3.50. The Morgan fingerprint density at radius 3 is 2.51 bits per heavy atom. The van der Waals surface area contributed by atoms with Gasteiger partial charge in [0.05, 0.1) is 23.9 Å². The number of hydrogen-bond acceptors (Lipinski definition) is 5. The molecule has 5 aliphatic carbocycles. The third-order valence-electron chi connectivity index (χ3n) is 15.6. The van der Waals surface area contributed by atoms with Gasteiger partial charge in [-0.15, -0.1) is 0 Å². The molecule has 0 radical (unpaired) electrons. The summed E-state index contributed by atoms with van der Waals surface area (Å²) in [5.41, 5.74) is 5.24. The molecule has 1 aromatic carbocycles. The molecule has 2 aromatic heterocycles. The second-order valence-electron chi connectivity index (χ2n) is 17.5. The van der Waals surface area contributed by atoms with Gasteiger partial charge in [-0.05, 0) is 109 Å². The van der Waals surface area contributed by atoms with Crippen molar-refractivity contribution in [1.82, 2.24) is 19.6 Å². The highest BCUT2D eigenvalue weighted by atomic mass is 16.5. The molecular weight excluding hydrogens is 584 g/mol. The maximum Gasteiger partial charge on any atom is 0.310 e. The van der Waals surface area contributed by atoms with Gasteiger partial charge in [0, 0.05) is 16.5 Å². The quantitative estimate of drug-likeness (QED) is 0.290. The first-order valence-electron chi connectivity index (χ1n) is 18.0. The largest absolute Gasteiger partial charge is 0.496 e. The number of methoxy groups -OCH3 is 1. The van der Waals surface area contributed by atoms with Crippen LogP contribution in [-0.4, -0.2) is 37.8 Å². The summed E-state index contributed by atoms with van der Waals surface area (Å²) in [6.45, 7) is 17.3. The first-order chi connectivity index (χ1) is 22.2. The molecule has 3 fully saturated rings. The molecule has 8 rings (SSSR count). The van der Waals surface area contributed by atoms with Crippen LogP contribution in [0.1, 0.15) is 105 Å². The van der Waals surface area contributed by atoms with Crippen LogP contribution in [-0.2, 0) is 16.6 Å². The van der Waals surface area contributed by atoms with Crippen LogP contribution in [0.5, 0.6) is 5.75 Å². The third kappa shape index (κ3) is 3.75. The Labute approximate surface area is 279 Å². The number of rotatable bonds is 3. The van der Waals surface area contributed by atoms with Crippen molar-refractivity contribution >= 4 is 11.7 Å². The van der Waals surface area contributed by atoms with Gasteiger partial charge >= 0.3 is 5.97 Å². The van der Waals surface area contributed by atoms with E-state index in [1.165, 1.54) is 11.1 Å². The highest BCUT2D eigenvalue weighted by molar-refractivity contribution is 5.77. The second kappa shape index (κ2) is 9.92. The lowest BCUT2D eigenvalue weighted by Gasteiger charge is -2.70. The van der Waals surface area contributed by atoms with E-state index in [0.29, 0.717) is 29.4 Å². The molecule has 3 unspecified atom stereocenters. The Bertz CT molecular complexity index is 1830. The van der Waals surface area contributed by atoms with Crippen molar-refractivity contribution in [3.05, 3.63) is 53.5 Å². The number of para-hydroxylation sites is 1. The molecule has 0 spiro atoms. The smallest absolute Gasteiger partial charge is 0.310 e. The number of fused-ring (bicyclic) bond motifs is 9. The van der Waals surface area contributed by atoms with E-state index >= 15 is 0 Å². The van der Waals surface area contributed by atoms with Crippen molar-refractivity contribution in [3.8, 4) is 17.0 Å². The molecule has 3 saturated carbocycles. The van der Waals surface area contributed by atoms with E-state index in [1.807, 2.05) is 16.6 Å². The summed E-state index contributed by atoms with van der Waals surface area (Å²) in [4.78, 5) is 23.0. The Morgan fingerprint density at radius 1 is 1.00 bits per heavy atom. The second-order valence-corrected chi connectivity index (χ2v) is 17.5. The topological polar surface area (TPSA) is 89.6 Å². The van der Waals surface area contributed by atoms with Gasteiger partial charge < -0.3 is 9.84 Å². The standard InChI is InChI=1S/C40H52N4O3/c1-23-15-18-40(34(45)46)20-19-38(6)27(31(40)24(23)2)13-14-30-37(5)21-26-32(25-11-9-10-12-28(25)47-8)44-35(41-22-42-44)43-33(26)36(3,4)29(37)16-17-39(30,38)7/h9-13,22-24,29-31H,14-21H2,1-8H3,(H,45,46)/t23-,24+,29?,30?,31?,37+,38-,39-,40+/m1/s1. The van der Waals surface area contributed by atoms with Gasteiger partial charge in [-0.3, -0.25) is 4.79 Å². The zero-order valence-corrected chi connectivity index (χ0v) is 29.6. The summed E-state index contributed by atoms with van der Waals surface area (Å²) < 4.78 is 7.85. The number of nitrogens with zero attached hydrogens (tertiary/aromatic N) is 4. The summed E-state index contributed by atoms with van der Waals surface area (Å²) >= 11 is 0. The fourth-order valence-corrected chi connectivity index (χ4v) is 12.9. The molecular formula is C40H52N4O3. The number of hydrogen-bond donors (Lipinski definition) is 1. The summed E-state index contributed by atoms with van der Waals surface area (Å²) in [6, 6.07) is 8.27. The van der Waals surface area contributed by atoms with Gasteiger partial charge in [0.15, 0.2) is 0 Å². The zero-order valence-electron chi connectivity index (χ0n) is 29.6. The van der Waals surface area contributed by atoms with E-state index in [-0.39, 0.29) is 27.6 Å². The molecule has 7 nitrogen and oxygen atoms in total. The normalized spacial score (nSPS) is 40.3. The molecule has 47 heavy (non-hydrogen) atoms. The van der Waals surface area contributed by atoms with Crippen molar-refractivity contribution in [1.29, 1.82) is 0 Å². The lowest BCUT2D eigenvalue weighted by atomic mass is 9.33. The van der Waals surface area contributed by atoms with E-state index in [9.17, 15) is 9.90 Å². The van der Waals surface area contributed by atoms with Crippen LogP contribution in [0, 0.1) is 51.2 Å². The summed E-state index contributed by atoms with van der Waals surface area (Å²) in [7, 11) is 1.74.